The van der Waals surface area contributed by atoms with Crippen molar-refractivity contribution in [3.63, 3.8) is 0 Å². The molecule has 2 rings (SSSR count). The third-order valence-corrected chi connectivity index (χ3v) is 6.80. The highest BCUT2D eigenvalue weighted by atomic mass is 32.2. The van der Waals surface area contributed by atoms with Gasteiger partial charge in [0.05, 0.1) is 11.9 Å². The fourth-order valence-electron chi connectivity index (χ4n) is 3.12. The number of nitrogens with one attached hydrogen (secondary N) is 1. The Balaban J connectivity index is 1.96. The Hall–Kier alpha value is -0.210. The molecule has 0 aromatic rings. The molecule has 21 heavy (non-hydrogen) atoms. The van der Waals surface area contributed by atoms with Crippen LogP contribution >= 0.6 is 0 Å². The van der Waals surface area contributed by atoms with Gasteiger partial charge in [-0.2, -0.15) is 4.31 Å². The van der Waals surface area contributed by atoms with Crippen molar-refractivity contribution in [1.82, 2.24) is 9.62 Å². The van der Waals surface area contributed by atoms with E-state index < -0.39 is 10.0 Å². The third-order valence-electron chi connectivity index (χ3n) is 4.35. The minimum absolute atomic E-state index is 0.0865. The number of methoxy groups -OCH3 is 1. The van der Waals surface area contributed by atoms with Crippen molar-refractivity contribution in [3.05, 3.63) is 0 Å². The summed E-state index contributed by atoms with van der Waals surface area (Å²) in [5.74, 6) is 0. The highest BCUT2D eigenvalue weighted by molar-refractivity contribution is 7.89. The van der Waals surface area contributed by atoms with Gasteiger partial charge in [-0.15, -0.1) is 0 Å². The summed E-state index contributed by atoms with van der Waals surface area (Å²) < 4.78 is 37.8. The maximum absolute atomic E-state index is 12.9. The number of sulfonamides is 1. The van der Waals surface area contributed by atoms with Gasteiger partial charge in [-0.1, -0.05) is 6.42 Å². The summed E-state index contributed by atoms with van der Waals surface area (Å²) >= 11 is 0. The fourth-order valence-corrected chi connectivity index (χ4v) is 5.27. The molecule has 0 radical (unpaired) electrons. The SMILES string of the molecule is COCCNCC1CCCCN1S(=O)(=O)C1CCOCC1. The molecule has 1 unspecified atom stereocenters. The molecular weight excluding hydrogens is 292 g/mol. The molecule has 0 aromatic carbocycles. The monoisotopic (exact) mass is 320 g/mol. The summed E-state index contributed by atoms with van der Waals surface area (Å²) in [5, 5.41) is 3.05. The van der Waals surface area contributed by atoms with Crippen LogP contribution in [0.3, 0.4) is 0 Å². The Kier molecular flexibility index (Phi) is 6.88. The van der Waals surface area contributed by atoms with Crippen LogP contribution in [0, 0.1) is 0 Å². The lowest BCUT2D eigenvalue weighted by atomic mass is 10.1. The predicted octanol–water partition coefficient (Wildman–Crippen LogP) is 0.586. The summed E-state index contributed by atoms with van der Waals surface area (Å²) in [6.07, 6.45) is 4.28. The molecule has 0 aromatic heterocycles. The zero-order chi connectivity index (χ0) is 15.1. The number of rotatable bonds is 7. The van der Waals surface area contributed by atoms with Crippen LogP contribution in [-0.4, -0.2) is 70.6 Å². The van der Waals surface area contributed by atoms with E-state index >= 15 is 0 Å². The number of hydrogen-bond acceptors (Lipinski definition) is 5. The topological polar surface area (TPSA) is 67.9 Å². The first-order valence-corrected chi connectivity index (χ1v) is 9.44. The Morgan fingerprint density at radius 1 is 1.24 bits per heavy atom. The number of piperidine rings is 1. The largest absolute Gasteiger partial charge is 0.383 e. The maximum atomic E-state index is 12.9. The van der Waals surface area contributed by atoms with Crippen molar-refractivity contribution in [2.75, 3.05) is 46.6 Å². The van der Waals surface area contributed by atoms with E-state index in [-0.39, 0.29) is 11.3 Å². The maximum Gasteiger partial charge on any atom is 0.217 e. The first kappa shape index (κ1) is 17.1. The first-order valence-electron chi connectivity index (χ1n) is 7.94. The van der Waals surface area contributed by atoms with Crippen LogP contribution in [0.4, 0.5) is 0 Å². The van der Waals surface area contributed by atoms with Crippen molar-refractivity contribution in [2.45, 2.75) is 43.4 Å². The van der Waals surface area contributed by atoms with Gasteiger partial charge < -0.3 is 14.8 Å². The predicted molar refractivity (Wildman–Crippen MR) is 81.9 cm³/mol. The summed E-state index contributed by atoms with van der Waals surface area (Å²) in [4.78, 5) is 0. The van der Waals surface area contributed by atoms with Gasteiger partial charge in [0.1, 0.15) is 0 Å². The molecule has 7 heteroatoms. The summed E-state index contributed by atoms with van der Waals surface area (Å²) in [6.45, 7) is 3.92. The smallest absolute Gasteiger partial charge is 0.217 e. The highest BCUT2D eigenvalue weighted by Crippen LogP contribution is 2.26. The summed E-state index contributed by atoms with van der Waals surface area (Å²) in [5.41, 5.74) is 0. The lowest BCUT2D eigenvalue weighted by Gasteiger charge is -2.38. The minimum Gasteiger partial charge on any atom is -0.383 e. The molecule has 0 aliphatic carbocycles. The second-order valence-corrected chi connectivity index (χ2v) is 7.98. The molecule has 2 saturated heterocycles. The minimum atomic E-state index is -3.19. The summed E-state index contributed by atoms with van der Waals surface area (Å²) in [7, 11) is -1.52. The number of nitrogens with zero attached hydrogens (tertiary/aromatic N) is 1. The fraction of sp³-hybridized carbons (Fsp3) is 1.00. The number of ether oxygens (including phenoxy) is 2. The molecule has 0 spiro atoms. The normalized spacial score (nSPS) is 26.0. The molecule has 124 valence electrons. The van der Waals surface area contributed by atoms with Crippen LogP contribution in [0.5, 0.6) is 0 Å². The second kappa shape index (κ2) is 8.43. The Labute approximate surface area is 128 Å². The molecule has 2 fully saturated rings. The van der Waals surface area contributed by atoms with Crippen molar-refractivity contribution in [2.24, 2.45) is 0 Å². The van der Waals surface area contributed by atoms with E-state index in [9.17, 15) is 8.42 Å². The lowest BCUT2D eigenvalue weighted by Crippen LogP contribution is -2.52. The van der Waals surface area contributed by atoms with Gasteiger partial charge in [0.25, 0.3) is 0 Å². The van der Waals surface area contributed by atoms with E-state index in [1.807, 2.05) is 0 Å². The molecule has 2 aliphatic rings. The van der Waals surface area contributed by atoms with Crippen molar-refractivity contribution >= 4 is 10.0 Å². The van der Waals surface area contributed by atoms with E-state index in [1.165, 1.54) is 0 Å². The zero-order valence-electron chi connectivity index (χ0n) is 12.9. The first-order chi connectivity index (χ1) is 10.2. The van der Waals surface area contributed by atoms with Crippen LogP contribution in [0.15, 0.2) is 0 Å². The van der Waals surface area contributed by atoms with Crippen LogP contribution < -0.4 is 5.32 Å². The quantitative estimate of drug-likeness (QED) is 0.695. The van der Waals surface area contributed by atoms with Crippen LogP contribution in [0.1, 0.15) is 32.1 Å². The van der Waals surface area contributed by atoms with E-state index in [4.69, 9.17) is 9.47 Å². The molecule has 2 aliphatic heterocycles. The van der Waals surface area contributed by atoms with E-state index in [2.05, 4.69) is 5.32 Å². The van der Waals surface area contributed by atoms with Gasteiger partial charge in [-0.3, -0.25) is 0 Å². The van der Waals surface area contributed by atoms with E-state index in [1.54, 1.807) is 11.4 Å². The highest BCUT2D eigenvalue weighted by Gasteiger charge is 2.38. The lowest BCUT2D eigenvalue weighted by molar-refractivity contribution is 0.0962. The molecule has 0 bridgehead atoms. The summed E-state index contributed by atoms with van der Waals surface area (Å²) in [6, 6.07) is 0.0865. The Morgan fingerprint density at radius 3 is 2.71 bits per heavy atom. The van der Waals surface area contributed by atoms with E-state index in [0.29, 0.717) is 45.8 Å². The Bertz CT molecular complexity index is 396. The number of hydrogen-bond donors (Lipinski definition) is 1. The molecule has 0 saturated carbocycles. The second-order valence-electron chi connectivity index (χ2n) is 5.81. The third kappa shape index (κ3) is 4.63. The average Bonchev–Trinajstić information content (AvgIpc) is 2.53. The molecule has 1 atom stereocenters. The average molecular weight is 320 g/mol. The van der Waals surface area contributed by atoms with Crippen LogP contribution in [-0.2, 0) is 19.5 Å². The molecule has 2 heterocycles. The molecular formula is C14H28N2O4S. The van der Waals surface area contributed by atoms with Gasteiger partial charge >= 0.3 is 0 Å². The van der Waals surface area contributed by atoms with Crippen molar-refractivity contribution in [3.8, 4) is 0 Å². The zero-order valence-corrected chi connectivity index (χ0v) is 13.7. The molecule has 6 nitrogen and oxygen atoms in total. The standard InChI is InChI=1S/C14H28N2O4S/c1-19-11-7-15-12-13-4-2-3-8-16(13)21(17,18)14-5-9-20-10-6-14/h13-15H,2-12H2,1H3. The van der Waals surface area contributed by atoms with Gasteiger partial charge in [-0.05, 0) is 25.7 Å². The van der Waals surface area contributed by atoms with Crippen LogP contribution in [0.25, 0.3) is 0 Å². The molecule has 1 N–H and O–H groups in total. The van der Waals surface area contributed by atoms with Gasteiger partial charge in [0.2, 0.25) is 10.0 Å². The van der Waals surface area contributed by atoms with Crippen molar-refractivity contribution < 1.29 is 17.9 Å². The van der Waals surface area contributed by atoms with E-state index in [0.717, 1.165) is 25.8 Å². The van der Waals surface area contributed by atoms with Crippen molar-refractivity contribution in [1.29, 1.82) is 0 Å². The Morgan fingerprint density at radius 2 is 2.00 bits per heavy atom. The van der Waals surface area contributed by atoms with Gasteiger partial charge in [0.15, 0.2) is 0 Å². The molecule has 0 amide bonds. The van der Waals surface area contributed by atoms with Gasteiger partial charge in [0, 0.05) is 46.0 Å². The van der Waals surface area contributed by atoms with Gasteiger partial charge in [-0.25, -0.2) is 8.42 Å². The van der Waals surface area contributed by atoms with Crippen LogP contribution in [0.2, 0.25) is 0 Å².